The van der Waals surface area contributed by atoms with E-state index >= 15 is 0 Å². The van der Waals surface area contributed by atoms with Gasteiger partial charge in [0.25, 0.3) is 0 Å². The van der Waals surface area contributed by atoms with Crippen molar-refractivity contribution in [1.29, 1.82) is 0 Å². The van der Waals surface area contributed by atoms with Crippen molar-refractivity contribution in [2.75, 3.05) is 7.11 Å². The molecule has 0 amide bonds. The Hall–Kier alpha value is -0.800. The second-order valence-electron chi connectivity index (χ2n) is 4.19. The zero-order chi connectivity index (χ0) is 11.8. The lowest BCUT2D eigenvalue weighted by Crippen LogP contribution is -2.08. The van der Waals surface area contributed by atoms with Gasteiger partial charge >= 0.3 is 0 Å². The largest absolute Gasteiger partial charge is 0.462 e. The van der Waals surface area contributed by atoms with Gasteiger partial charge in [0.1, 0.15) is 18.1 Å². The third-order valence-corrected chi connectivity index (χ3v) is 2.70. The first-order valence-electron chi connectivity index (χ1n) is 6.11. The van der Waals surface area contributed by atoms with E-state index in [1.807, 2.05) is 12.1 Å². The molecule has 92 valence electrons. The maximum absolute atomic E-state index is 6.05. The molecule has 2 N–H and O–H groups in total. The SMILES string of the molecule is CCCCCCC(N)c1ccc(COC)o1. The topological polar surface area (TPSA) is 48.4 Å². The second kappa shape index (κ2) is 7.47. The van der Waals surface area contributed by atoms with Crippen molar-refractivity contribution in [2.45, 2.75) is 51.7 Å². The van der Waals surface area contributed by atoms with Crippen molar-refractivity contribution in [3.63, 3.8) is 0 Å². The smallest absolute Gasteiger partial charge is 0.129 e. The van der Waals surface area contributed by atoms with Crippen molar-refractivity contribution in [1.82, 2.24) is 0 Å². The Morgan fingerprint density at radius 1 is 1.31 bits per heavy atom. The fourth-order valence-electron chi connectivity index (χ4n) is 1.75. The van der Waals surface area contributed by atoms with Crippen molar-refractivity contribution >= 4 is 0 Å². The Balaban J connectivity index is 2.31. The molecule has 1 aromatic rings. The number of unbranched alkanes of at least 4 members (excludes halogenated alkanes) is 3. The van der Waals surface area contributed by atoms with E-state index in [0.29, 0.717) is 6.61 Å². The number of rotatable bonds is 8. The summed E-state index contributed by atoms with van der Waals surface area (Å²) in [6.07, 6.45) is 5.98. The van der Waals surface area contributed by atoms with Gasteiger partial charge in [-0.2, -0.15) is 0 Å². The minimum Gasteiger partial charge on any atom is -0.462 e. The first-order valence-corrected chi connectivity index (χ1v) is 6.11. The second-order valence-corrected chi connectivity index (χ2v) is 4.19. The molecule has 0 saturated heterocycles. The van der Waals surface area contributed by atoms with E-state index in [1.165, 1.54) is 25.7 Å². The normalized spacial score (nSPS) is 12.9. The van der Waals surface area contributed by atoms with Crippen LogP contribution in [0, 0.1) is 0 Å². The Bertz CT molecular complexity index is 283. The molecule has 3 heteroatoms. The van der Waals surface area contributed by atoms with Crippen LogP contribution in [-0.4, -0.2) is 7.11 Å². The molecule has 0 fully saturated rings. The van der Waals surface area contributed by atoms with Gasteiger partial charge in [0.15, 0.2) is 0 Å². The molecule has 1 heterocycles. The van der Waals surface area contributed by atoms with Gasteiger partial charge in [-0.25, -0.2) is 0 Å². The Morgan fingerprint density at radius 2 is 2.12 bits per heavy atom. The first kappa shape index (κ1) is 13.3. The van der Waals surface area contributed by atoms with Gasteiger partial charge in [0.05, 0.1) is 6.04 Å². The summed E-state index contributed by atoms with van der Waals surface area (Å²) in [4.78, 5) is 0. The average molecular weight is 225 g/mol. The molecule has 0 aromatic carbocycles. The van der Waals surface area contributed by atoms with Gasteiger partial charge in [0.2, 0.25) is 0 Å². The minimum atomic E-state index is 0.0301. The molecule has 0 aliphatic rings. The van der Waals surface area contributed by atoms with Crippen LogP contribution in [0.25, 0.3) is 0 Å². The van der Waals surface area contributed by atoms with Gasteiger partial charge in [-0.3, -0.25) is 0 Å². The lowest BCUT2D eigenvalue weighted by Gasteiger charge is -2.08. The minimum absolute atomic E-state index is 0.0301. The van der Waals surface area contributed by atoms with Gasteiger partial charge < -0.3 is 14.9 Å². The van der Waals surface area contributed by atoms with E-state index in [2.05, 4.69) is 6.92 Å². The first-order chi connectivity index (χ1) is 7.77. The number of furan rings is 1. The van der Waals surface area contributed by atoms with E-state index in [0.717, 1.165) is 17.9 Å². The van der Waals surface area contributed by atoms with Crippen LogP contribution in [-0.2, 0) is 11.3 Å². The summed E-state index contributed by atoms with van der Waals surface area (Å²) in [5, 5.41) is 0. The lowest BCUT2D eigenvalue weighted by atomic mass is 10.1. The third kappa shape index (κ3) is 4.37. The van der Waals surface area contributed by atoms with E-state index in [1.54, 1.807) is 7.11 Å². The van der Waals surface area contributed by atoms with Gasteiger partial charge in [0, 0.05) is 7.11 Å². The predicted octanol–water partition coefficient (Wildman–Crippen LogP) is 3.40. The van der Waals surface area contributed by atoms with Crippen LogP contribution in [0.5, 0.6) is 0 Å². The van der Waals surface area contributed by atoms with E-state index in [9.17, 15) is 0 Å². The number of hydrogen-bond donors (Lipinski definition) is 1. The zero-order valence-electron chi connectivity index (χ0n) is 10.4. The Kier molecular flexibility index (Phi) is 6.19. The van der Waals surface area contributed by atoms with Crippen LogP contribution in [0.4, 0.5) is 0 Å². The Labute approximate surface area is 98.0 Å². The monoisotopic (exact) mass is 225 g/mol. The highest BCUT2D eigenvalue weighted by Gasteiger charge is 2.10. The van der Waals surface area contributed by atoms with Crippen LogP contribution in [0.15, 0.2) is 16.5 Å². The number of ether oxygens (including phenoxy) is 1. The summed E-state index contributed by atoms with van der Waals surface area (Å²) in [5.74, 6) is 1.73. The number of hydrogen-bond acceptors (Lipinski definition) is 3. The highest BCUT2D eigenvalue weighted by atomic mass is 16.5. The summed E-state index contributed by atoms with van der Waals surface area (Å²) in [6, 6.07) is 3.92. The summed E-state index contributed by atoms with van der Waals surface area (Å²) < 4.78 is 10.6. The van der Waals surface area contributed by atoms with Crippen LogP contribution in [0.1, 0.15) is 56.6 Å². The van der Waals surface area contributed by atoms with Crippen LogP contribution >= 0.6 is 0 Å². The van der Waals surface area contributed by atoms with Crippen LogP contribution in [0.3, 0.4) is 0 Å². The van der Waals surface area contributed by atoms with Crippen molar-refractivity contribution in [3.8, 4) is 0 Å². The molecule has 1 aromatic heterocycles. The molecule has 0 saturated carbocycles. The van der Waals surface area contributed by atoms with Crippen molar-refractivity contribution < 1.29 is 9.15 Å². The molecule has 0 aliphatic carbocycles. The summed E-state index contributed by atoms with van der Waals surface area (Å²) in [6.45, 7) is 2.73. The molecule has 0 bridgehead atoms. The predicted molar refractivity (Wildman–Crippen MR) is 65.1 cm³/mol. The molecule has 16 heavy (non-hydrogen) atoms. The molecular weight excluding hydrogens is 202 g/mol. The Morgan fingerprint density at radius 3 is 2.81 bits per heavy atom. The average Bonchev–Trinajstić information content (AvgIpc) is 2.73. The quantitative estimate of drug-likeness (QED) is 0.690. The molecule has 0 aliphatic heterocycles. The fraction of sp³-hybridized carbons (Fsp3) is 0.692. The molecular formula is C13H23NO2. The van der Waals surface area contributed by atoms with E-state index in [4.69, 9.17) is 14.9 Å². The van der Waals surface area contributed by atoms with Gasteiger partial charge in [-0.1, -0.05) is 32.6 Å². The van der Waals surface area contributed by atoms with E-state index < -0.39 is 0 Å². The molecule has 0 radical (unpaired) electrons. The highest BCUT2D eigenvalue weighted by molar-refractivity contribution is 5.09. The standard InChI is InChI=1S/C13H23NO2/c1-3-4-5-6-7-12(14)13-9-8-11(16-13)10-15-2/h8-9,12H,3-7,10,14H2,1-2H3. The number of methoxy groups -OCH3 is 1. The van der Waals surface area contributed by atoms with Crippen LogP contribution < -0.4 is 5.73 Å². The molecule has 0 spiro atoms. The van der Waals surface area contributed by atoms with Gasteiger partial charge in [-0.15, -0.1) is 0 Å². The zero-order valence-corrected chi connectivity index (χ0v) is 10.4. The maximum atomic E-state index is 6.05. The van der Waals surface area contributed by atoms with Crippen LogP contribution in [0.2, 0.25) is 0 Å². The van der Waals surface area contributed by atoms with Crippen molar-refractivity contribution in [2.24, 2.45) is 5.73 Å². The maximum Gasteiger partial charge on any atom is 0.129 e. The molecule has 1 atom stereocenters. The molecule has 1 rings (SSSR count). The fourth-order valence-corrected chi connectivity index (χ4v) is 1.75. The van der Waals surface area contributed by atoms with E-state index in [-0.39, 0.29) is 6.04 Å². The highest BCUT2D eigenvalue weighted by Crippen LogP contribution is 2.20. The molecule has 3 nitrogen and oxygen atoms in total. The third-order valence-electron chi connectivity index (χ3n) is 2.70. The molecule has 1 unspecified atom stereocenters. The summed E-state index contributed by atoms with van der Waals surface area (Å²) in [7, 11) is 1.66. The summed E-state index contributed by atoms with van der Waals surface area (Å²) >= 11 is 0. The number of nitrogens with two attached hydrogens (primary N) is 1. The van der Waals surface area contributed by atoms with Crippen molar-refractivity contribution in [3.05, 3.63) is 23.7 Å². The van der Waals surface area contributed by atoms with Gasteiger partial charge in [-0.05, 0) is 18.6 Å². The summed E-state index contributed by atoms with van der Waals surface area (Å²) in [5.41, 5.74) is 6.05. The lowest BCUT2D eigenvalue weighted by molar-refractivity contribution is 0.161.